The van der Waals surface area contributed by atoms with Gasteiger partial charge in [-0.2, -0.15) is 0 Å². The Kier molecular flexibility index (Phi) is 6.46. The maximum Gasteiger partial charge on any atom is 0.261 e. The van der Waals surface area contributed by atoms with Gasteiger partial charge in [0, 0.05) is 34.4 Å². The number of benzene rings is 1. The van der Waals surface area contributed by atoms with Crippen molar-refractivity contribution in [2.24, 2.45) is 0 Å². The first kappa shape index (κ1) is 18.2. The fourth-order valence-electron chi connectivity index (χ4n) is 1.72. The summed E-state index contributed by atoms with van der Waals surface area (Å²) in [4.78, 5) is 11.9. The van der Waals surface area contributed by atoms with Gasteiger partial charge in [0.2, 0.25) is 0 Å². The van der Waals surface area contributed by atoms with Gasteiger partial charge in [-0.05, 0) is 38.5 Å². The summed E-state index contributed by atoms with van der Waals surface area (Å²) in [5, 5.41) is 2.81. The molecule has 1 aromatic rings. The van der Waals surface area contributed by atoms with Gasteiger partial charge in [0.25, 0.3) is 15.0 Å². The Labute approximate surface area is 134 Å². The summed E-state index contributed by atoms with van der Waals surface area (Å²) >= 11 is 5.95. The van der Waals surface area contributed by atoms with Gasteiger partial charge in [-0.25, -0.2) is 8.42 Å². The minimum atomic E-state index is -3.97. The summed E-state index contributed by atoms with van der Waals surface area (Å²) in [6.07, 6.45) is -0.142. The number of halogens is 2. The predicted octanol–water partition coefficient (Wildman–Crippen LogP) is 2.73. The zero-order chi connectivity index (χ0) is 16.2. The highest BCUT2D eigenvalue weighted by Crippen LogP contribution is 2.27. The molecule has 0 saturated heterocycles. The average molecular weight is 354 g/mol. The molecule has 0 bridgehead atoms. The molecule has 5 nitrogen and oxygen atoms in total. The van der Waals surface area contributed by atoms with Crippen LogP contribution >= 0.6 is 22.3 Å². The molecule has 0 spiro atoms. The van der Waals surface area contributed by atoms with Crippen molar-refractivity contribution in [1.82, 2.24) is 5.32 Å². The molecule has 0 radical (unpaired) electrons. The Morgan fingerprint density at radius 1 is 1.43 bits per heavy atom. The summed E-state index contributed by atoms with van der Waals surface area (Å²) in [6.45, 7) is 6.05. The molecule has 0 aromatic heterocycles. The van der Waals surface area contributed by atoms with Crippen molar-refractivity contribution >= 4 is 37.2 Å². The van der Waals surface area contributed by atoms with E-state index >= 15 is 0 Å². The van der Waals surface area contributed by atoms with Gasteiger partial charge in [-0.15, -0.1) is 0 Å². The van der Waals surface area contributed by atoms with E-state index in [9.17, 15) is 13.2 Å². The summed E-state index contributed by atoms with van der Waals surface area (Å²) in [6, 6.07) is 2.62. The first-order valence-electron chi connectivity index (χ1n) is 6.31. The second kappa shape index (κ2) is 7.45. The van der Waals surface area contributed by atoms with Crippen molar-refractivity contribution in [3.63, 3.8) is 0 Å². The van der Waals surface area contributed by atoms with Crippen LogP contribution in [0.4, 0.5) is 0 Å². The zero-order valence-electron chi connectivity index (χ0n) is 11.9. The minimum Gasteiger partial charge on any atom is -0.377 e. The Balaban J connectivity index is 2.99. The highest BCUT2D eigenvalue weighted by molar-refractivity contribution is 8.13. The van der Waals surface area contributed by atoms with Crippen LogP contribution in [0.3, 0.4) is 0 Å². The van der Waals surface area contributed by atoms with Gasteiger partial charge in [-0.1, -0.05) is 11.6 Å². The lowest BCUT2D eigenvalue weighted by molar-refractivity contribution is 0.0695. The third-order valence-electron chi connectivity index (χ3n) is 2.82. The molecule has 1 atom stereocenters. The van der Waals surface area contributed by atoms with Gasteiger partial charge in [0.1, 0.15) is 0 Å². The van der Waals surface area contributed by atoms with E-state index in [1.807, 2.05) is 13.8 Å². The number of hydrogen-bond acceptors (Lipinski definition) is 4. The maximum atomic E-state index is 12.0. The van der Waals surface area contributed by atoms with Crippen molar-refractivity contribution in [3.8, 4) is 0 Å². The highest BCUT2D eigenvalue weighted by Gasteiger charge is 2.19. The third-order valence-corrected chi connectivity index (χ3v) is 4.66. The van der Waals surface area contributed by atoms with Crippen LogP contribution < -0.4 is 5.32 Å². The van der Waals surface area contributed by atoms with Gasteiger partial charge in [0.15, 0.2) is 0 Å². The predicted molar refractivity (Wildman–Crippen MR) is 82.6 cm³/mol. The molecule has 0 saturated carbocycles. The van der Waals surface area contributed by atoms with Crippen molar-refractivity contribution in [2.75, 3.05) is 13.2 Å². The number of rotatable bonds is 6. The first-order chi connectivity index (χ1) is 9.66. The van der Waals surface area contributed by atoms with Crippen LogP contribution in [-0.2, 0) is 13.8 Å². The fourth-order valence-corrected chi connectivity index (χ4v) is 3.22. The van der Waals surface area contributed by atoms with E-state index < -0.39 is 15.0 Å². The molecule has 1 aromatic carbocycles. The SMILES string of the molecule is CCOC(C)CNC(=O)c1cc(Cl)c(C)c(S(=O)(=O)Cl)c1. The smallest absolute Gasteiger partial charge is 0.261 e. The number of hydrogen-bond donors (Lipinski definition) is 1. The minimum absolute atomic E-state index is 0.133. The molecule has 118 valence electrons. The normalized spacial score (nSPS) is 13.0. The van der Waals surface area contributed by atoms with Gasteiger partial charge < -0.3 is 10.1 Å². The van der Waals surface area contributed by atoms with E-state index in [1.54, 1.807) is 0 Å². The lowest BCUT2D eigenvalue weighted by atomic mass is 10.1. The second-order valence-corrected chi connectivity index (χ2v) is 7.44. The number of nitrogens with one attached hydrogen (secondary N) is 1. The van der Waals surface area contributed by atoms with E-state index in [4.69, 9.17) is 27.0 Å². The molecule has 1 unspecified atom stereocenters. The summed E-state index contributed by atoms with van der Waals surface area (Å²) in [5.74, 6) is -0.440. The number of carbonyl (C=O) groups excluding carboxylic acids is 1. The van der Waals surface area contributed by atoms with Crippen LogP contribution in [0.1, 0.15) is 29.8 Å². The van der Waals surface area contributed by atoms with Crippen molar-refractivity contribution in [2.45, 2.75) is 31.8 Å². The molecule has 8 heteroatoms. The Hall–Kier alpha value is -0.820. The van der Waals surface area contributed by atoms with E-state index in [-0.39, 0.29) is 21.6 Å². The molecule has 0 aliphatic carbocycles. The fraction of sp³-hybridized carbons (Fsp3) is 0.462. The molecule has 0 aliphatic rings. The van der Waals surface area contributed by atoms with E-state index in [1.165, 1.54) is 19.1 Å². The van der Waals surface area contributed by atoms with Crippen LogP contribution in [0, 0.1) is 6.92 Å². The van der Waals surface area contributed by atoms with Gasteiger partial charge in [0.05, 0.1) is 11.0 Å². The highest BCUT2D eigenvalue weighted by atomic mass is 35.7. The standard InChI is InChI=1S/C13H17Cl2NO4S/c1-4-20-8(2)7-16-13(17)10-5-11(14)9(3)12(6-10)21(15,18)19/h5-6,8H,4,7H2,1-3H3,(H,16,17). The molecule has 0 heterocycles. The van der Waals surface area contributed by atoms with Crippen LogP contribution in [0.2, 0.25) is 5.02 Å². The van der Waals surface area contributed by atoms with E-state index in [0.29, 0.717) is 18.7 Å². The van der Waals surface area contributed by atoms with E-state index in [0.717, 1.165) is 0 Å². The van der Waals surface area contributed by atoms with Gasteiger partial charge in [-0.3, -0.25) is 4.79 Å². The first-order valence-corrected chi connectivity index (χ1v) is 9.00. The number of carbonyl (C=O) groups is 1. The van der Waals surface area contributed by atoms with Crippen LogP contribution in [0.5, 0.6) is 0 Å². The Bertz CT molecular complexity index is 631. The van der Waals surface area contributed by atoms with Crippen LogP contribution in [0.15, 0.2) is 17.0 Å². The summed E-state index contributed by atoms with van der Waals surface area (Å²) < 4.78 is 28.3. The average Bonchev–Trinajstić information content (AvgIpc) is 2.38. The summed E-state index contributed by atoms with van der Waals surface area (Å²) in [5.41, 5.74) is 0.444. The molecule has 1 N–H and O–H groups in total. The van der Waals surface area contributed by atoms with Crippen LogP contribution in [-0.4, -0.2) is 33.6 Å². The molecule has 1 amide bonds. The monoisotopic (exact) mass is 353 g/mol. The quantitative estimate of drug-likeness (QED) is 0.798. The molecule has 1 rings (SSSR count). The second-order valence-electron chi connectivity index (χ2n) is 4.50. The van der Waals surface area contributed by atoms with E-state index in [2.05, 4.69) is 5.32 Å². The van der Waals surface area contributed by atoms with Crippen molar-refractivity contribution < 1.29 is 17.9 Å². The topological polar surface area (TPSA) is 72.5 Å². The van der Waals surface area contributed by atoms with Gasteiger partial charge >= 0.3 is 0 Å². The zero-order valence-corrected chi connectivity index (χ0v) is 14.3. The van der Waals surface area contributed by atoms with Crippen molar-refractivity contribution in [1.29, 1.82) is 0 Å². The van der Waals surface area contributed by atoms with Crippen LogP contribution in [0.25, 0.3) is 0 Å². The number of ether oxygens (including phenoxy) is 1. The maximum absolute atomic E-state index is 12.0. The summed E-state index contributed by atoms with van der Waals surface area (Å²) in [7, 11) is 1.37. The molecule has 0 aliphatic heterocycles. The van der Waals surface area contributed by atoms with Crippen molar-refractivity contribution in [3.05, 3.63) is 28.3 Å². The third kappa shape index (κ3) is 5.14. The molecular weight excluding hydrogens is 337 g/mol. The largest absolute Gasteiger partial charge is 0.377 e. The molecule has 21 heavy (non-hydrogen) atoms. The Morgan fingerprint density at radius 2 is 2.05 bits per heavy atom. The number of amides is 1. The molecule has 0 fully saturated rings. The molecular formula is C13H17Cl2NO4S. The lowest BCUT2D eigenvalue weighted by Crippen LogP contribution is -2.32. The Morgan fingerprint density at radius 3 is 2.57 bits per heavy atom. The lowest BCUT2D eigenvalue weighted by Gasteiger charge is -2.13.